The van der Waals surface area contributed by atoms with Crippen LogP contribution in [0.2, 0.25) is 10.0 Å². The van der Waals surface area contributed by atoms with Crippen molar-refractivity contribution in [3.05, 3.63) is 322 Å². The molecule has 82 heavy (non-hydrogen) atoms. The van der Waals surface area contributed by atoms with Gasteiger partial charge in [0.25, 0.3) is 0 Å². The van der Waals surface area contributed by atoms with Gasteiger partial charge in [-0.1, -0.05) is 310 Å². The maximum atomic E-state index is 6.78. The van der Waals surface area contributed by atoms with Crippen molar-refractivity contribution in [2.75, 3.05) is 0 Å². The van der Waals surface area contributed by atoms with Crippen LogP contribution in [-0.4, -0.2) is 0 Å². The lowest BCUT2D eigenvalue weighted by Crippen LogP contribution is -2.03. The minimum Gasteiger partial charge on any atom is -0.0843 e. The van der Waals surface area contributed by atoms with E-state index in [2.05, 4.69) is 311 Å². The Morgan fingerprint density at radius 1 is 0.146 bits per heavy atom. The molecule has 0 fully saturated rings. The fraction of sp³-hybridized carbons (Fsp3) is 0. The number of benzene rings is 13. The molecular formula is C78H50Br2Cl2. The molecule has 13 rings (SSSR count). The molecule has 0 aliphatic carbocycles. The Bertz CT molecular complexity index is 4070. The van der Waals surface area contributed by atoms with Gasteiger partial charge in [-0.05, 0) is 182 Å². The fourth-order valence-electron chi connectivity index (χ4n) is 11.9. The zero-order valence-electron chi connectivity index (χ0n) is 44.4. The molecular weight excluding hydrogens is 1170 g/mol. The third-order valence-corrected chi connectivity index (χ3v) is 16.9. The summed E-state index contributed by atoms with van der Waals surface area (Å²) in [6.07, 6.45) is 0. The van der Waals surface area contributed by atoms with Gasteiger partial charge in [0.15, 0.2) is 0 Å². The molecule has 0 atom stereocenters. The highest BCUT2D eigenvalue weighted by Gasteiger charge is 2.32. The van der Waals surface area contributed by atoms with Crippen LogP contribution in [0.15, 0.2) is 312 Å². The molecule has 0 unspecified atom stereocenters. The van der Waals surface area contributed by atoms with Gasteiger partial charge in [-0.3, -0.25) is 0 Å². The summed E-state index contributed by atoms with van der Waals surface area (Å²) in [5, 5.41) is 1.36. The summed E-state index contributed by atoms with van der Waals surface area (Å²) in [6.45, 7) is 0. The van der Waals surface area contributed by atoms with E-state index in [4.69, 9.17) is 23.2 Å². The first kappa shape index (κ1) is 52.8. The molecule has 390 valence electrons. The van der Waals surface area contributed by atoms with Gasteiger partial charge in [-0.2, -0.15) is 0 Å². The molecule has 0 saturated heterocycles. The van der Waals surface area contributed by atoms with Crippen LogP contribution in [0.5, 0.6) is 0 Å². The quantitative estimate of drug-likeness (QED) is 0.114. The zero-order chi connectivity index (χ0) is 55.5. The van der Waals surface area contributed by atoms with Gasteiger partial charge < -0.3 is 0 Å². The molecule has 0 spiro atoms. The van der Waals surface area contributed by atoms with Gasteiger partial charge in [0.1, 0.15) is 0 Å². The van der Waals surface area contributed by atoms with E-state index >= 15 is 0 Å². The maximum Gasteiger partial charge on any atom is 0.0406 e. The summed E-state index contributed by atoms with van der Waals surface area (Å²) in [6, 6.07) is 109. The Hall–Kier alpha value is -8.60. The lowest BCUT2D eigenvalue weighted by Gasteiger charge is -2.30. The first-order valence-corrected chi connectivity index (χ1v) is 29.7. The van der Waals surface area contributed by atoms with Gasteiger partial charge in [0.05, 0.1) is 0 Å². The third kappa shape index (κ3) is 10.3. The molecule has 0 aliphatic heterocycles. The van der Waals surface area contributed by atoms with Crippen LogP contribution >= 0.6 is 55.1 Å². The second-order valence-electron chi connectivity index (χ2n) is 20.3. The first-order chi connectivity index (χ1) is 40.4. The zero-order valence-corrected chi connectivity index (χ0v) is 49.1. The largest absolute Gasteiger partial charge is 0.0843 e. The smallest absolute Gasteiger partial charge is 0.0406 e. The van der Waals surface area contributed by atoms with Crippen LogP contribution in [-0.2, 0) is 0 Å². The average molecular weight is 1220 g/mol. The molecule has 0 N–H and O–H groups in total. The highest BCUT2D eigenvalue weighted by molar-refractivity contribution is 9.10. The van der Waals surface area contributed by atoms with E-state index in [-0.39, 0.29) is 0 Å². The lowest BCUT2D eigenvalue weighted by molar-refractivity contribution is 1.50. The van der Waals surface area contributed by atoms with Gasteiger partial charge >= 0.3 is 0 Å². The second kappa shape index (κ2) is 23.5. The van der Waals surface area contributed by atoms with E-state index in [0.29, 0.717) is 10.0 Å². The molecule has 0 radical (unpaired) electrons. The molecule has 0 nitrogen and oxygen atoms in total. The topological polar surface area (TPSA) is 0 Å². The highest BCUT2D eigenvalue weighted by Crippen LogP contribution is 2.59. The summed E-state index contributed by atoms with van der Waals surface area (Å²) in [5.74, 6) is 0. The van der Waals surface area contributed by atoms with E-state index in [1.807, 2.05) is 24.3 Å². The molecule has 4 heteroatoms. The number of rotatable bonds is 12. The number of halogens is 4. The highest BCUT2D eigenvalue weighted by atomic mass is 79.9. The minimum atomic E-state index is 0.680. The molecule has 0 aliphatic rings. The normalized spacial score (nSPS) is 11.2. The average Bonchev–Trinajstić information content (AvgIpc) is 3.70. The van der Waals surface area contributed by atoms with Crippen molar-refractivity contribution >= 4 is 55.1 Å². The van der Waals surface area contributed by atoms with Crippen molar-refractivity contribution in [3.63, 3.8) is 0 Å². The van der Waals surface area contributed by atoms with E-state index < -0.39 is 0 Å². The molecule has 0 aromatic heterocycles. The van der Waals surface area contributed by atoms with Gasteiger partial charge in [-0.15, -0.1) is 0 Å². The van der Waals surface area contributed by atoms with Crippen LogP contribution in [0.3, 0.4) is 0 Å². The number of hydrogen-bond donors (Lipinski definition) is 0. The van der Waals surface area contributed by atoms with E-state index in [9.17, 15) is 0 Å². The standard InChI is InChI=1S/C78H50Br2Cl2/c79-63-43-35-59(36-44-63)75-73(69(53-23-11-3-12-24-53)67(51-19-7-1-8-20-51)71(55-27-15-5-16-28-55)77(75)61-39-47-65(81)48-40-61)57-31-33-58(34-32-57)74-70(54-25-13-4-14-26-54)68(52-21-9-2-10-22-52)72(56-29-17-6-18-30-56)78(62-41-49-66(82)50-42-62)76(74)60-37-45-64(80)46-38-60/h1-50H. The van der Waals surface area contributed by atoms with Crippen LogP contribution in [0.1, 0.15) is 0 Å². The Balaban J connectivity index is 1.22. The Labute approximate surface area is 506 Å². The van der Waals surface area contributed by atoms with Gasteiger partial charge in [0.2, 0.25) is 0 Å². The maximum absolute atomic E-state index is 6.78. The van der Waals surface area contributed by atoms with Crippen molar-refractivity contribution in [1.29, 1.82) is 0 Å². The van der Waals surface area contributed by atoms with Crippen molar-refractivity contribution < 1.29 is 0 Å². The van der Waals surface area contributed by atoms with Gasteiger partial charge in [-0.25, -0.2) is 0 Å². The van der Waals surface area contributed by atoms with E-state index in [0.717, 1.165) is 142 Å². The Morgan fingerprint density at radius 2 is 0.268 bits per heavy atom. The van der Waals surface area contributed by atoms with Crippen LogP contribution < -0.4 is 0 Å². The summed E-state index contributed by atoms with van der Waals surface area (Å²) in [5.41, 5.74) is 26.6. The third-order valence-electron chi connectivity index (χ3n) is 15.4. The molecule has 0 saturated carbocycles. The lowest BCUT2D eigenvalue weighted by atomic mass is 9.73. The molecule has 0 bridgehead atoms. The summed E-state index contributed by atoms with van der Waals surface area (Å²) >= 11 is 21.2. The SMILES string of the molecule is Clc1ccc(-c2c(-c3ccccc3)c(-c3ccccc3)c(-c3ccccc3)c(-c3ccc(-c4c(-c5ccccc5)c(-c5ccccc5)c(-c5ccccc5)c(-c5ccc(Cl)cc5)c4-c4ccc(Br)cc4)cc3)c2-c2ccc(Br)cc2)cc1. The first-order valence-electron chi connectivity index (χ1n) is 27.3. The Morgan fingerprint density at radius 3 is 0.427 bits per heavy atom. The number of hydrogen-bond acceptors (Lipinski definition) is 0. The Kier molecular flexibility index (Phi) is 15.1. The van der Waals surface area contributed by atoms with E-state index in [1.54, 1.807) is 0 Å². The van der Waals surface area contributed by atoms with Crippen molar-refractivity contribution in [2.45, 2.75) is 0 Å². The monoisotopic (exact) mass is 1210 g/mol. The van der Waals surface area contributed by atoms with Crippen LogP contribution in [0, 0.1) is 0 Å². The summed E-state index contributed by atoms with van der Waals surface area (Å²) in [7, 11) is 0. The van der Waals surface area contributed by atoms with Crippen molar-refractivity contribution in [3.8, 4) is 134 Å². The summed E-state index contributed by atoms with van der Waals surface area (Å²) in [4.78, 5) is 0. The van der Waals surface area contributed by atoms with Crippen LogP contribution in [0.4, 0.5) is 0 Å². The predicted molar refractivity (Wildman–Crippen MR) is 357 cm³/mol. The van der Waals surface area contributed by atoms with Crippen LogP contribution in [0.25, 0.3) is 134 Å². The fourth-order valence-corrected chi connectivity index (χ4v) is 12.6. The molecule has 13 aromatic rings. The molecule has 0 amide bonds. The summed E-state index contributed by atoms with van der Waals surface area (Å²) < 4.78 is 2.01. The van der Waals surface area contributed by atoms with Gasteiger partial charge in [0, 0.05) is 19.0 Å². The van der Waals surface area contributed by atoms with E-state index in [1.165, 1.54) is 0 Å². The van der Waals surface area contributed by atoms with Crippen molar-refractivity contribution in [1.82, 2.24) is 0 Å². The molecule has 0 heterocycles. The second-order valence-corrected chi connectivity index (χ2v) is 23.0. The predicted octanol–water partition coefficient (Wildman–Crippen LogP) is 24.5. The van der Waals surface area contributed by atoms with Crippen molar-refractivity contribution in [2.24, 2.45) is 0 Å². The minimum absolute atomic E-state index is 0.680. The molecule has 13 aromatic carbocycles.